The second kappa shape index (κ2) is 33.0. The van der Waals surface area contributed by atoms with E-state index in [2.05, 4.69) is 20.8 Å². The molecular weight excluding hydrogens is 525 g/mol. The molecule has 0 saturated carbocycles. The Morgan fingerprint density at radius 1 is 0.415 bits per heavy atom. The van der Waals surface area contributed by atoms with Gasteiger partial charge in [-0.3, -0.25) is 4.52 Å². The maximum atomic E-state index is 13.2. The summed E-state index contributed by atoms with van der Waals surface area (Å²) < 4.78 is 20.6. The van der Waals surface area contributed by atoms with Crippen molar-refractivity contribution in [3.63, 3.8) is 0 Å². The lowest BCUT2D eigenvalue weighted by Crippen LogP contribution is -2.24. The summed E-state index contributed by atoms with van der Waals surface area (Å²) in [7, 11) is -3.70. The highest BCUT2D eigenvalue weighted by Gasteiger charge is 2.28. The van der Waals surface area contributed by atoms with Gasteiger partial charge in [0, 0.05) is 13.1 Å². The maximum absolute atomic E-state index is 13.2. The topological polar surface area (TPSA) is 49.8 Å². The molecule has 0 spiro atoms. The fraction of sp³-hybridized carbons (Fsp3) is 1.00. The van der Waals surface area contributed by atoms with E-state index in [-0.39, 0.29) is 0 Å². The number of unbranched alkanes of at least 4 members (excludes halogenated alkanes) is 27. The molecule has 0 aromatic carbocycles. The molecule has 1 atom stereocenters. The first-order valence-corrected chi connectivity index (χ1v) is 20.3. The van der Waals surface area contributed by atoms with Gasteiger partial charge in [0.05, 0.1) is 6.61 Å². The van der Waals surface area contributed by atoms with Crippen LogP contribution in [0.5, 0.6) is 0 Å². The molecule has 5 heteroatoms. The van der Waals surface area contributed by atoms with Gasteiger partial charge in [-0.25, -0.2) is 9.24 Å². The van der Waals surface area contributed by atoms with E-state index in [1.807, 2.05) is 0 Å². The Morgan fingerprint density at radius 3 is 0.951 bits per heavy atom. The smallest absolute Gasteiger partial charge is 0.312 e. The second-order valence-electron chi connectivity index (χ2n) is 12.8. The average Bonchev–Trinajstić information content (AvgIpc) is 2.96. The van der Waals surface area contributed by atoms with Crippen LogP contribution in [0.1, 0.15) is 213 Å². The van der Waals surface area contributed by atoms with E-state index in [4.69, 9.17) is 4.52 Å². The predicted octanol–water partition coefficient (Wildman–Crippen LogP) is 13.2. The first-order valence-electron chi connectivity index (χ1n) is 18.8. The standard InChI is InChI=1S/C36H76NO3P/c1-4-7-10-13-16-18-20-22-24-26-28-31-34-37(41(38,39)40-36-33-30-15-12-9-6-3)35-32-29-27-25-23-21-19-17-14-11-8-5-2/h4-36H2,1-3H3,(H,38,39). The molecule has 0 amide bonds. The predicted molar refractivity (Wildman–Crippen MR) is 183 cm³/mol. The summed E-state index contributed by atoms with van der Waals surface area (Å²) in [6.45, 7) is 8.59. The normalized spacial score (nSPS) is 13.3. The largest absolute Gasteiger partial charge is 0.405 e. The fourth-order valence-corrected chi connectivity index (χ4v) is 7.10. The van der Waals surface area contributed by atoms with E-state index in [0.717, 1.165) is 38.5 Å². The molecule has 4 nitrogen and oxygen atoms in total. The summed E-state index contributed by atoms with van der Waals surface area (Å²) in [5.74, 6) is 0. The molecule has 0 aliphatic rings. The molecular formula is C36H76NO3P. The Bertz CT molecular complexity index is 517. The monoisotopic (exact) mass is 602 g/mol. The van der Waals surface area contributed by atoms with Crippen LogP contribution >= 0.6 is 7.75 Å². The maximum Gasteiger partial charge on any atom is 0.405 e. The second-order valence-corrected chi connectivity index (χ2v) is 14.6. The summed E-state index contributed by atoms with van der Waals surface area (Å²) >= 11 is 0. The van der Waals surface area contributed by atoms with Gasteiger partial charge >= 0.3 is 7.75 Å². The van der Waals surface area contributed by atoms with E-state index in [9.17, 15) is 9.46 Å². The van der Waals surface area contributed by atoms with E-state index < -0.39 is 7.75 Å². The lowest BCUT2D eigenvalue weighted by molar-refractivity contribution is 0.194. The van der Waals surface area contributed by atoms with Gasteiger partial charge in [-0.1, -0.05) is 194 Å². The minimum atomic E-state index is -3.70. The zero-order valence-corrected chi connectivity index (χ0v) is 29.4. The Kier molecular flexibility index (Phi) is 33.1. The summed E-state index contributed by atoms with van der Waals surface area (Å²) in [5, 5.41) is 0. The molecule has 0 radical (unpaired) electrons. The Labute approximate surface area is 259 Å². The fourth-order valence-electron chi connectivity index (χ4n) is 5.78. The van der Waals surface area contributed by atoms with Gasteiger partial charge in [0.15, 0.2) is 0 Å². The summed E-state index contributed by atoms with van der Waals surface area (Å²) in [6, 6.07) is 0. The van der Waals surface area contributed by atoms with Crippen LogP contribution in [0.4, 0.5) is 0 Å². The molecule has 0 aliphatic heterocycles. The van der Waals surface area contributed by atoms with Crippen molar-refractivity contribution in [3.05, 3.63) is 0 Å². The van der Waals surface area contributed by atoms with Crippen LogP contribution < -0.4 is 0 Å². The molecule has 0 aliphatic carbocycles. The number of hydrogen-bond acceptors (Lipinski definition) is 2. The SMILES string of the molecule is CCCCCCCCCCCCCCN(CCCCCCCCCCCCCC)P(=O)(O)OCCCCCCCC. The molecule has 0 bridgehead atoms. The van der Waals surface area contributed by atoms with Gasteiger partial charge < -0.3 is 4.89 Å². The van der Waals surface area contributed by atoms with Crippen LogP contribution in [0.2, 0.25) is 0 Å². The van der Waals surface area contributed by atoms with Crippen molar-refractivity contribution in [2.75, 3.05) is 19.7 Å². The van der Waals surface area contributed by atoms with Gasteiger partial charge in [0.25, 0.3) is 0 Å². The molecule has 0 aromatic rings. The average molecular weight is 602 g/mol. The third kappa shape index (κ3) is 29.9. The molecule has 0 aromatic heterocycles. The number of rotatable bonds is 35. The lowest BCUT2D eigenvalue weighted by Gasteiger charge is -2.26. The van der Waals surface area contributed by atoms with Crippen molar-refractivity contribution in [1.82, 2.24) is 4.67 Å². The lowest BCUT2D eigenvalue weighted by atomic mass is 10.1. The van der Waals surface area contributed by atoms with E-state index in [0.29, 0.717) is 19.7 Å². The van der Waals surface area contributed by atoms with E-state index >= 15 is 0 Å². The first kappa shape index (κ1) is 41.1. The van der Waals surface area contributed by atoms with Crippen molar-refractivity contribution in [3.8, 4) is 0 Å². The van der Waals surface area contributed by atoms with Crippen LogP contribution in [-0.2, 0) is 9.09 Å². The van der Waals surface area contributed by atoms with Crippen molar-refractivity contribution in [1.29, 1.82) is 0 Å². The van der Waals surface area contributed by atoms with Gasteiger partial charge in [-0.05, 0) is 19.3 Å². The van der Waals surface area contributed by atoms with Crippen molar-refractivity contribution < 1.29 is 14.0 Å². The Hall–Kier alpha value is 0.110. The molecule has 0 fully saturated rings. The minimum Gasteiger partial charge on any atom is -0.312 e. The third-order valence-electron chi connectivity index (χ3n) is 8.65. The highest BCUT2D eigenvalue weighted by Crippen LogP contribution is 2.47. The molecule has 0 saturated heterocycles. The molecule has 1 N–H and O–H groups in total. The van der Waals surface area contributed by atoms with Crippen LogP contribution in [0, 0.1) is 0 Å². The number of nitrogens with zero attached hydrogens (tertiary/aromatic N) is 1. The Morgan fingerprint density at radius 2 is 0.659 bits per heavy atom. The third-order valence-corrected chi connectivity index (χ3v) is 10.3. The molecule has 248 valence electrons. The van der Waals surface area contributed by atoms with E-state index in [1.54, 1.807) is 4.67 Å². The van der Waals surface area contributed by atoms with E-state index in [1.165, 1.54) is 154 Å². The first-order chi connectivity index (χ1) is 20.1. The minimum absolute atomic E-state index is 0.410. The summed E-state index contributed by atoms with van der Waals surface area (Å²) in [6.07, 6.45) is 38.5. The molecule has 41 heavy (non-hydrogen) atoms. The highest BCUT2D eigenvalue weighted by atomic mass is 31.2. The summed E-state index contributed by atoms with van der Waals surface area (Å²) in [5.41, 5.74) is 0. The summed E-state index contributed by atoms with van der Waals surface area (Å²) in [4.78, 5) is 10.8. The number of hydrogen-bond donors (Lipinski definition) is 1. The van der Waals surface area contributed by atoms with Crippen LogP contribution in [-0.4, -0.2) is 29.3 Å². The zero-order valence-electron chi connectivity index (χ0n) is 28.5. The van der Waals surface area contributed by atoms with Crippen molar-refractivity contribution >= 4 is 7.75 Å². The van der Waals surface area contributed by atoms with Gasteiger partial charge in [0.1, 0.15) is 0 Å². The van der Waals surface area contributed by atoms with Gasteiger partial charge in [-0.2, -0.15) is 0 Å². The highest BCUT2D eigenvalue weighted by molar-refractivity contribution is 7.50. The van der Waals surface area contributed by atoms with Crippen LogP contribution in [0.15, 0.2) is 0 Å². The molecule has 1 unspecified atom stereocenters. The van der Waals surface area contributed by atoms with Gasteiger partial charge in [0.2, 0.25) is 0 Å². The quantitative estimate of drug-likeness (QED) is 0.0580. The van der Waals surface area contributed by atoms with Crippen LogP contribution in [0.25, 0.3) is 0 Å². The van der Waals surface area contributed by atoms with Crippen molar-refractivity contribution in [2.45, 2.75) is 213 Å². The van der Waals surface area contributed by atoms with Crippen LogP contribution in [0.3, 0.4) is 0 Å². The molecule has 0 rings (SSSR count). The molecule has 0 heterocycles. The van der Waals surface area contributed by atoms with Crippen molar-refractivity contribution in [2.24, 2.45) is 0 Å². The Balaban J connectivity index is 4.18. The van der Waals surface area contributed by atoms with Gasteiger partial charge in [-0.15, -0.1) is 0 Å². The zero-order chi connectivity index (χ0) is 30.1.